The largest absolute Gasteiger partial charge is 0.481 e. The Kier molecular flexibility index (Phi) is 3.27. The Hall–Kier alpha value is -0.0600. The number of carboxylic acids is 1. The van der Waals surface area contributed by atoms with Gasteiger partial charge in [-0.15, -0.1) is 0 Å². The van der Waals surface area contributed by atoms with Crippen molar-refractivity contribution in [2.75, 3.05) is 0 Å². The second-order valence-corrected chi connectivity index (χ2v) is 8.93. The van der Waals surface area contributed by atoms with E-state index in [0.717, 1.165) is 25.7 Å². The van der Waals surface area contributed by atoms with E-state index in [2.05, 4.69) is 42.5 Å². The maximum Gasteiger partial charge on any atom is 0.309 e. The van der Waals surface area contributed by atoms with Crippen LogP contribution in [0.25, 0.3) is 0 Å². The van der Waals surface area contributed by atoms with Gasteiger partial charge in [-0.2, -0.15) is 0 Å². The van der Waals surface area contributed by atoms with E-state index in [-0.39, 0.29) is 3.42 Å². The molecule has 3 aliphatic rings. The number of halogens is 1. The zero-order valence-electron chi connectivity index (χ0n) is 11.8. The lowest BCUT2D eigenvalue weighted by Gasteiger charge is -2.40. The monoisotopic (exact) mass is 374 g/mol. The number of rotatable bonds is 3. The first-order chi connectivity index (χ1) is 8.93. The van der Waals surface area contributed by atoms with E-state index in [1.807, 2.05) is 0 Å². The Morgan fingerprint density at radius 1 is 1.42 bits per heavy atom. The van der Waals surface area contributed by atoms with Crippen LogP contribution in [0, 0.1) is 23.2 Å². The van der Waals surface area contributed by atoms with Gasteiger partial charge in [0.1, 0.15) is 0 Å². The second kappa shape index (κ2) is 4.47. The average molecular weight is 374 g/mol. The maximum atomic E-state index is 11.9. The molecule has 0 amide bonds. The van der Waals surface area contributed by atoms with Gasteiger partial charge in [-0.1, -0.05) is 47.6 Å². The summed E-state index contributed by atoms with van der Waals surface area (Å²) in [5, 5.41) is 9.84. The maximum absolute atomic E-state index is 11.9. The minimum atomic E-state index is -0.520. The fraction of sp³-hybridized carbons (Fsp3) is 0.812. The van der Waals surface area contributed by atoms with E-state index in [4.69, 9.17) is 0 Å². The van der Waals surface area contributed by atoms with E-state index in [9.17, 15) is 9.90 Å². The van der Waals surface area contributed by atoms with Gasteiger partial charge in [0.05, 0.1) is 5.41 Å². The van der Waals surface area contributed by atoms with Crippen molar-refractivity contribution >= 4 is 28.6 Å². The number of carboxylic acid groups (broad SMARTS) is 1. The van der Waals surface area contributed by atoms with E-state index in [1.54, 1.807) is 0 Å². The molecule has 5 unspecified atom stereocenters. The molecule has 2 bridgehead atoms. The van der Waals surface area contributed by atoms with E-state index >= 15 is 0 Å². The molecule has 0 aliphatic heterocycles. The molecule has 2 nitrogen and oxygen atoms in total. The van der Waals surface area contributed by atoms with Crippen LogP contribution >= 0.6 is 22.6 Å². The molecular formula is C16H23IO2. The zero-order valence-corrected chi connectivity index (χ0v) is 13.9. The summed E-state index contributed by atoms with van der Waals surface area (Å²) in [6.07, 6.45) is 8.91. The lowest BCUT2D eigenvalue weighted by Crippen LogP contribution is -2.42. The molecule has 0 aromatic carbocycles. The first kappa shape index (κ1) is 13.9. The Morgan fingerprint density at radius 3 is 2.79 bits per heavy atom. The van der Waals surface area contributed by atoms with Gasteiger partial charge in [0.2, 0.25) is 0 Å². The first-order valence-electron chi connectivity index (χ1n) is 7.53. The number of fused-ring (bicyclic) bond motifs is 5. The number of hydrogen-bond donors (Lipinski definition) is 1. The standard InChI is InChI=1S/C16H23IO2/c1-3-10(2)7-16(17)9-15(14(18)19)8-13(16)11-5-4-6-12(11)15/h7,11-13H,3-6,8-9H2,1-2H3,(H,18,19)/b10-7-. The highest BCUT2D eigenvalue weighted by atomic mass is 127. The number of carbonyl (C=O) groups is 1. The predicted octanol–water partition coefficient (Wildman–Crippen LogP) is 4.43. The smallest absolute Gasteiger partial charge is 0.309 e. The quantitative estimate of drug-likeness (QED) is 0.451. The fourth-order valence-electron chi connectivity index (χ4n) is 5.19. The van der Waals surface area contributed by atoms with E-state index in [0.29, 0.717) is 17.8 Å². The Labute approximate surface area is 129 Å². The van der Waals surface area contributed by atoms with Crippen LogP contribution < -0.4 is 0 Å². The summed E-state index contributed by atoms with van der Waals surface area (Å²) in [4.78, 5) is 11.9. The average Bonchev–Trinajstić information content (AvgIpc) is 2.97. The first-order valence-corrected chi connectivity index (χ1v) is 8.61. The van der Waals surface area contributed by atoms with Crippen LogP contribution in [0.2, 0.25) is 0 Å². The van der Waals surface area contributed by atoms with E-state index < -0.39 is 11.4 Å². The van der Waals surface area contributed by atoms with Crippen molar-refractivity contribution in [2.24, 2.45) is 23.2 Å². The summed E-state index contributed by atoms with van der Waals surface area (Å²) in [5.41, 5.74) is 1.01. The van der Waals surface area contributed by atoms with Crippen molar-refractivity contribution in [3.8, 4) is 0 Å². The molecule has 0 aromatic heterocycles. The van der Waals surface area contributed by atoms with Gasteiger partial charge in [0.15, 0.2) is 0 Å². The lowest BCUT2D eigenvalue weighted by molar-refractivity contribution is -0.151. The molecule has 3 rings (SSSR count). The van der Waals surface area contributed by atoms with Gasteiger partial charge in [-0.05, 0) is 56.8 Å². The van der Waals surface area contributed by atoms with Crippen LogP contribution in [-0.4, -0.2) is 14.5 Å². The van der Waals surface area contributed by atoms with Gasteiger partial charge in [-0.25, -0.2) is 0 Å². The van der Waals surface area contributed by atoms with Gasteiger partial charge >= 0.3 is 5.97 Å². The summed E-state index contributed by atoms with van der Waals surface area (Å²) in [5.74, 6) is 1.21. The summed E-state index contributed by atoms with van der Waals surface area (Å²) >= 11 is 2.58. The summed E-state index contributed by atoms with van der Waals surface area (Å²) in [7, 11) is 0. The highest BCUT2D eigenvalue weighted by Crippen LogP contribution is 2.71. The van der Waals surface area contributed by atoms with Crippen LogP contribution in [0.1, 0.15) is 52.4 Å². The third-order valence-corrected chi connectivity index (χ3v) is 7.55. The van der Waals surface area contributed by atoms with Crippen LogP contribution in [0.5, 0.6) is 0 Å². The topological polar surface area (TPSA) is 37.3 Å². The molecule has 19 heavy (non-hydrogen) atoms. The third kappa shape index (κ3) is 1.83. The minimum absolute atomic E-state index is 0.0990. The molecule has 0 radical (unpaired) electrons. The summed E-state index contributed by atoms with van der Waals surface area (Å²) < 4.78 is 0.0990. The molecule has 3 aliphatic carbocycles. The number of aliphatic carboxylic acids is 1. The van der Waals surface area contributed by atoms with Gasteiger partial charge in [0, 0.05) is 3.42 Å². The van der Waals surface area contributed by atoms with Crippen molar-refractivity contribution in [3.63, 3.8) is 0 Å². The van der Waals surface area contributed by atoms with Crippen molar-refractivity contribution in [3.05, 3.63) is 11.6 Å². The number of hydrogen-bond acceptors (Lipinski definition) is 1. The normalized spacial score (nSPS) is 48.6. The molecule has 1 N–H and O–H groups in total. The van der Waals surface area contributed by atoms with Gasteiger partial charge in [0.25, 0.3) is 0 Å². The van der Waals surface area contributed by atoms with Crippen molar-refractivity contribution in [1.82, 2.24) is 0 Å². The van der Waals surface area contributed by atoms with E-state index in [1.165, 1.54) is 18.4 Å². The summed E-state index contributed by atoms with van der Waals surface area (Å²) in [6, 6.07) is 0. The van der Waals surface area contributed by atoms with Crippen LogP contribution in [0.3, 0.4) is 0 Å². The van der Waals surface area contributed by atoms with Crippen molar-refractivity contribution < 1.29 is 9.90 Å². The SMILES string of the molecule is CC/C(C)=C\C1(I)CC2(C(=O)O)CC1C1CCCC12. The Balaban J connectivity index is 2.00. The highest BCUT2D eigenvalue weighted by molar-refractivity contribution is 14.1. The molecule has 5 atom stereocenters. The molecular weight excluding hydrogens is 351 g/mol. The van der Waals surface area contributed by atoms with Gasteiger partial charge in [-0.3, -0.25) is 4.79 Å². The minimum Gasteiger partial charge on any atom is -0.481 e. The molecule has 106 valence electrons. The van der Waals surface area contributed by atoms with Gasteiger partial charge < -0.3 is 5.11 Å². The van der Waals surface area contributed by atoms with Crippen LogP contribution in [0.4, 0.5) is 0 Å². The molecule has 3 heteroatoms. The third-order valence-electron chi connectivity index (χ3n) is 6.05. The Morgan fingerprint density at radius 2 is 2.16 bits per heavy atom. The molecule has 0 saturated heterocycles. The highest BCUT2D eigenvalue weighted by Gasteiger charge is 2.69. The molecule has 3 fully saturated rings. The van der Waals surface area contributed by atoms with Crippen molar-refractivity contribution in [2.45, 2.75) is 55.8 Å². The molecule has 0 heterocycles. The molecule has 0 aromatic rings. The summed E-state index contributed by atoms with van der Waals surface area (Å²) in [6.45, 7) is 4.37. The zero-order chi connectivity index (χ0) is 13.8. The fourth-order valence-corrected chi connectivity index (χ4v) is 7.08. The lowest BCUT2D eigenvalue weighted by atomic mass is 9.68. The van der Waals surface area contributed by atoms with Crippen molar-refractivity contribution in [1.29, 1.82) is 0 Å². The molecule has 0 spiro atoms. The number of allylic oxidation sites excluding steroid dienone is 2. The van der Waals surface area contributed by atoms with Crippen LogP contribution in [-0.2, 0) is 4.79 Å². The molecule has 3 saturated carbocycles. The van der Waals surface area contributed by atoms with Crippen LogP contribution in [0.15, 0.2) is 11.6 Å². The Bertz CT molecular complexity index is 444. The predicted molar refractivity (Wildman–Crippen MR) is 84.4 cm³/mol. The second-order valence-electron chi connectivity index (χ2n) is 6.92. The number of alkyl halides is 1.